The first kappa shape index (κ1) is 20.5. The van der Waals surface area contributed by atoms with Crippen LogP contribution in [0.5, 0.6) is 5.75 Å². The Kier molecular flexibility index (Phi) is 5.19. The summed E-state index contributed by atoms with van der Waals surface area (Å²) in [4.78, 5) is 22.5. The van der Waals surface area contributed by atoms with Crippen molar-refractivity contribution < 1.29 is 9.53 Å². The van der Waals surface area contributed by atoms with Crippen LogP contribution < -0.4 is 10.1 Å². The topological polar surface area (TPSA) is 81.9 Å². The summed E-state index contributed by atoms with van der Waals surface area (Å²) in [6.07, 6.45) is 0. The first-order valence-corrected chi connectivity index (χ1v) is 10.1. The molecular weight excluding hydrogens is 390 g/mol. The van der Waals surface area contributed by atoms with Crippen molar-refractivity contribution in [1.29, 1.82) is 0 Å². The van der Waals surface area contributed by atoms with Crippen molar-refractivity contribution in [2.45, 2.75) is 34.6 Å². The van der Waals surface area contributed by atoms with Crippen LogP contribution in [0.25, 0.3) is 16.7 Å². The number of benzene rings is 1. The Bertz CT molecular complexity index is 1280. The van der Waals surface area contributed by atoms with Gasteiger partial charge in [0.1, 0.15) is 5.75 Å². The van der Waals surface area contributed by atoms with Gasteiger partial charge in [-0.15, -0.1) is 0 Å². The Labute approximate surface area is 181 Å². The first-order chi connectivity index (χ1) is 14.8. The maximum Gasteiger partial charge on any atom is 0.256 e. The van der Waals surface area contributed by atoms with Crippen LogP contribution in [0, 0.1) is 34.6 Å². The van der Waals surface area contributed by atoms with E-state index in [0.717, 1.165) is 50.8 Å². The van der Waals surface area contributed by atoms with Crippen LogP contribution in [0.15, 0.2) is 36.4 Å². The zero-order chi connectivity index (χ0) is 22.3. The van der Waals surface area contributed by atoms with Gasteiger partial charge >= 0.3 is 0 Å². The number of nitrogens with zero attached hydrogens (tertiary/aromatic N) is 4. The lowest BCUT2D eigenvalue weighted by molar-refractivity contribution is 0.102. The Morgan fingerprint density at radius 2 is 1.61 bits per heavy atom. The molecule has 7 nitrogen and oxygen atoms in total. The van der Waals surface area contributed by atoms with Crippen LogP contribution in [-0.2, 0) is 0 Å². The number of amides is 1. The summed E-state index contributed by atoms with van der Waals surface area (Å²) < 4.78 is 7.01. The van der Waals surface area contributed by atoms with Gasteiger partial charge in [-0.25, -0.2) is 9.67 Å². The molecule has 0 aliphatic heterocycles. The smallest absolute Gasteiger partial charge is 0.256 e. The van der Waals surface area contributed by atoms with Crippen LogP contribution in [0.2, 0.25) is 0 Å². The number of anilines is 1. The zero-order valence-electron chi connectivity index (χ0n) is 18.6. The number of carbonyl (C=O) groups excluding carboxylic acids is 1. The second kappa shape index (κ2) is 7.83. The number of aryl methyl sites for hydroxylation is 5. The van der Waals surface area contributed by atoms with Crippen LogP contribution in [0.4, 0.5) is 5.69 Å². The number of hydrogen-bond donors (Lipinski definition) is 1. The fraction of sp³-hybridized carbons (Fsp3) is 0.250. The number of aromatic nitrogens is 4. The van der Waals surface area contributed by atoms with Gasteiger partial charge < -0.3 is 10.1 Å². The van der Waals surface area contributed by atoms with Crippen LogP contribution in [-0.4, -0.2) is 32.8 Å². The monoisotopic (exact) mass is 415 g/mol. The molecule has 0 spiro atoms. The lowest BCUT2D eigenvalue weighted by Gasteiger charge is -2.13. The van der Waals surface area contributed by atoms with E-state index < -0.39 is 0 Å². The molecular formula is C24H25N5O2. The third-order valence-corrected chi connectivity index (χ3v) is 5.27. The highest BCUT2D eigenvalue weighted by atomic mass is 16.5. The van der Waals surface area contributed by atoms with E-state index in [0.29, 0.717) is 11.2 Å². The summed E-state index contributed by atoms with van der Waals surface area (Å²) in [6.45, 7) is 9.58. The van der Waals surface area contributed by atoms with Gasteiger partial charge in [-0.3, -0.25) is 9.78 Å². The van der Waals surface area contributed by atoms with Crippen molar-refractivity contribution in [2.75, 3.05) is 12.4 Å². The van der Waals surface area contributed by atoms with Gasteiger partial charge in [0.2, 0.25) is 0 Å². The molecule has 1 aromatic carbocycles. The van der Waals surface area contributed by atoms with Crippen LogP contribution >= 0.6 is 0 Å². The molecule has 31 heavy (non-hydrogen) atoms. The van der Waals surface area contributed by atoms with Gasteiger partial charge in [0.05, 0.1) is 40.8 Å². The Morgan fingerprint density at radius 1 is 0.935 bits per heavy atom. The van der Waals surface area contributed by atoms with Crippen molar-refractivity contribution in [3.05, 3.63) is 70.3 Å². The lowest BCUT2D eigenvalue weighted by Crippen LogP contribution is -2.16. The highest BCUT2D eigenvalue weighted by Crippen LogP contribution is 2.27. The fourth-order valence-electron chi connectivity index (χ4n) is 3.89. The van der Waals surface area contributed by atoms with E-state index in [-0.39, 0.29) is 5.91 Å². The number of carbonyl (C=O) groups is 1. The van der Waals surface area contributed by atoms with Crippen molar-refractivity contribution in [2.24, 2.45) is 0 Å². The van der Waals surface area contributed by atoms with Crippen molar-refractivity contribution in [1.82, 2.24) is 19.7 Å². The first-order valence-electron chi connectivity index (χ1n) is 10.1. The van der Waals surface area contributed by atoms with Crippen molar-refractivity contribution in [3.63, 3.8) is 0 Å². The molecule has 0 saturated heterocycles. The molecule has 4 aromatic rings. The SMILES string of the molecule is COc1ccc(-n2nc(C)c3c(C(=O)Nc4c(C)cc(C)nc4C)cc(C)nc32)cc1. The van der Waals surface area contributed by atoms with Gasteiger partial charge in [0.15, 0.2) is 5.65 Å². The third-order valence-electron chi connectivity index (χ3n) is 5.27. The Hall–Kier alpha value is -3.74. The quantitative estimate of drug-likeness (QED) is 0.526. The molecule has 4 rings (SSSR count). The number of hydrogen-bond acceptors (Lipinski definition) is 5. The lowest BCUT2D eigenvalue weighted by atomic mass is 10.1. The minimum absolute atomic E-state index is 0.204. The van der Waals surface area contributed by atoms with Crippen molar-refractivity contribution >= 4 is 22.6 Å². The molecule has 1 N–H and O–H groups in total. The molecule has 7 heteroatoms. The molecule has 0 fully saturated rings. The van der Waals surface area contributed by atoms with E-state index in [4.69, 9.17) is 4.74 Å². The highest BCUT2D eigenvalue weighted by molar-refractivity contribution is 6.13. The molecule has 0 unspecified atom stereocenters. The third kappa shape index (κ3) is 3.74. The maximum atomic E-state index is 13.3. The van der Waals surface area contributed by atoms with Crippen LogP contribution in [0.3, 0.4) is 0 Å². The van der Waals surface area contributed by atoms with Gasteiger partial charge in [-0.1, -0.05) is 0 Å². The van der Waals surface area contributed by atoms with Gasteiger partial charge in [0, 0.05) is 11.4 Å². The van der Waals surface area contributed by atoms with E-state index in [1.54, 1.807) is 17.9 Å². The van der Waals surface area contributed by atoms with Crippen molar-refractivity contribution in [3.8, 4) is 11.4 Å². The second-order valence-electron chi connectivity index (χ2n) is 7.70. The number of nitrogens with one attached hydrogen (secondary N) is 1. The predicted molar refractivity (Wildman–Crippen MR) is 121 cm³/mol. The largest absolute Gasteiger partial charge is 0.497 e. The summed E-state index contributed by atoms with van der Waals surface area (Å²) >= 11 is 0. The normalized spacial score (nSPS) is 11.0. The number of ether oxygens (including phenoxy) is 1. The average molecular weight is 415 g/mol. The molecule has 0 bridgehead atoms. The fourth-order valence-corrected chi connectivity index (χ4v) is 3.89. The molecule has 3 aromatic heterocycles. The second-order valence-corrected chi connectivity index (χ2v) is 7.70. The molecule has 0 radical (unpaired) electrons. The Morgan fingerprint density at radius 3 is 2.26 bits per heavy atom. The highest BCUT2D eigenvalue weighted by Gasteiger charge is 2.21. The number of methoxy groups -OCH3 is 1. The standard InChI is InChI=1S/C24H25N5O2/c1-13-11-14(2)25-17(5)22(13)27-24(30)20-12-15(3)26-23-21(20)16(4)28-29(23)18-7-9-19(31-6)10-8-18/h7-12H,1-6H3,(H,27,30). The van der Waals surface area contributed by atoms with E-state index in [1.807, 2.05) is 65.0 Å². The van der Waals surface area contributed by atoms with Gasteiger partial charge in [-0.05, 0) is 76.6 Å². The molecule has 0 aliphatic rings. The number of rotatable bonds is 4. The predicted octanol–water partition coefficient (Wildman–Crippen LogP) is 4.62. The summed E-state index contributed by atoms with van der Waals surface area (Å²) in [5.41, 5.74) is 6.93. The summed E-state index contributed by atoms with van der Waals surface area (Å²) in [5, 5.41) is 8.46. The minimum Gasteiger partial charge on any atom is -0.497 e. The zero-order valence-corrected chi connectivity index (χ0v) is 18.6. The van der Waals surface area contributed by atoms with E-state index in [9.17, 15) is 4.79 Å². The van der Waals surface area contributed by atoms with E-state index in [1.165, 1.54) is 0 Å². The Balaban J connectivity index is 1.82. The molecule has 0 saturated carbocycles. The summed E-state index contributed by atoms with van der Waals surface area (Å²) in [6, 6.07) is 11.3. The van der Waals surface area contributed by atoms with E-state index in [2.05, 4.69) is 20.4 Å². The number of pyridine rings is 2. The molecule has 3 heterocycles. The van der Waals surface area contributed by atoms with Gasteiger partial charge in [0.25, 0.3) is 5.91 Å². The molecule has 0 aliphatic carbocycles. The van der Waals surface area contributed by atoms with Gasteiger partial charge in [-0.2, -0.15) is 5.10 Å². The molecule has 158 valence electrons. The summed E-state index contributed by atoms with van der Waals surface area (Å²) in [5.74, 6) is 0.559. The number of fused-ring (bicyclic) bond motifs is 1. The average Bonchev–Trinajstić information content (AvgIpc) is 3.06. The minimum atomic E-state index is -0.204. The molecule has 1 amide bonds. The van der Waals surface area contributed by atoms with E-state index >= 15 is 0 Å². The molecule has 0 atom stereocenters. The van der Waals surface area contributed by atoms with Crippen LogP contribution in [0.1, 0.15) is 38.7 Å². The summed E-state index contributed by atoms with van der Waals surface area (Å²) in [7, 11) is 1.63. The maximum absolute atomic E-state index is 13.3.